The summed E-state index contributed by atoms with van der Waals surface area (Å²) in [7, 11) is 0. The molecule has 2 aromatic heterocycles. The number of hydrogen-bond donors (Lipinski definition) is 1. The van der Waals surface area contributed by atoms with E-state index in [0.717, 1.165) is 21.2 Å². The van der Waals surface area contributed by atoms with Gasteiger partial charge in [0.25, 0.3) is 0 Å². The van der Waals surface area contributed by atoms with Crippen LogP contribution in [0.4, 0.5) is 5.95 Å². The van der Waals surface area contributed by atoms with Gasteiger partial charge in [0.15, 0.2) is 5.65 Å². The average molecular weight is 338 g/mol. The van der Waals surface area contributed by atoms with E-state index in [-0.39, 0.29) is 0 Å². The van der Waals surface area contributed by atoms with E-state index in [1.165, 1.54) is 0 Å². The number of nitrogens with two attached hydrogens (primary N) is 1. The SMILES string of the molecule is Cc1cnc2c(c1)nc(N)n2-c1cc(Cl)ccc1Br. The van der Waals surface area contributed by atoms with Crippen LogP contribution in [-0.4, -0.2) is 14.5 Å². The number of benzene rings is 1. The zero-order valence-corrected chi connectivity index (χ0v) is 12.4. The Balaban J connectivity index is 2.36. The normalized spacial score (nSPS) is 11.1. The molecule has 0 bridgehead atoms. The molecule has 0 spiro atoms. The molecule has 4 nitrogen and oxygen atoms in total. The van der Waals surface area contributed by atoms with Crippen molar-refractivity contribution in [3.63, 3.8) is 0 Å². The topological polar surface area (TPSA) is 56.7 Å². The van der Waals surface area contributed by atoms with Gasteiger partial charge >= 0.3 is 0 Å². The summed E-state index contributed by atoms with van der Waals surface area (Å²) < 4.78 is 2.66. The highest BCUT2D eigenvalue weighted by molar-refractivity contribution is 9.10. The van der Waals surface area contributed by atoms with E-state index in [9.17, 15) is 0 Å². The molecule has 0 aliphatic carbocycles. The summed E-state index contributed by atoms with van der Waals surface area (Å²) in [5, 5.41) is 0.631. The van der Waals surface area contributed by atoms with Crippen LogP contribution < -0.4 is 5.73 Å². The predicted molar refractivity (Wildman–Crippen MR) is 80.7 cm³/mol. The quantitative estimate of drug-likeness (QED) is 0.736. The lowest BCUT2D eigenvalue weighted by Crippen LogP contribution is -2.02. The Labute approximate surface area is 123 Å². The molecule has 0 radical (unpaired) electrons. The number of hydrogen-bond acceptors (Lipinski definition) is 3. The standard InChI is InChI=1S/C13H10BrClN4/c1-7-4-10-12(17-6-7)19(13(16)18-10)11-5-8(15)2-3-9(11)14/h2-6H,1H3,(H2,16,18). The van der Waals surface area contributed by atoms with E-state index < -0.39 is 0 Å². The lowest BCUT2D eigenvalue weighted by molar-refractivity contribution is 1.07. The summed E-state index contributed by atoms with van der Waals surface area (Å²) in [6.45, 7) is 1.97. The zero-order chi connectivity index (χ0) is 13.6. The maximum Gasteiger partial charge on any atom is 0.207 e. The van der Waals surface area contributed by atoms with Gasteiger partial charge in [-0.25, -0.2) is 9.97 Å². The molecule has 19 heavy (non-hydrogen) atoms. The van der Waals surface area contributed by atoms with Crippen molar-refractivity contribution in [1.82, 2.24) is 14.5 Å². The minimum absolute atomic E-state index is 0.385. The maximum absolute atomic E-state index is 6.05. The van der Waals surface area contributed by atoms with Crippen molar-refractivity contribution in [2.75, 3.05) is 5.73 Å². The summed E-state index contributed by atoms with van der Waals surface area (Å²) in [4.78, 5) is 8.74. The molecule has 3 rings (SSSR count). The van der Waals surface area contributed by atoms with Crippen molar-refractivity contribution >= 4 is 44.6 Å². The molecule has 0 saturated carbocycles. The summed E-state index contributed by atoms with van der Waals surface area (Å²) in [5.41, 5.74) is 9.35. The first-order valence-corrected chi connectivity index (χ1v) is 6.79. The van der Waals surface area contributed by atoms with Crippen LogP contribution in [0.25, 0.3) is 16.9 Å². The van der Waals surface area contributed by atoms with E-state index in [0.29, 0.717) is 16.6 Å². The Morgan fingerprint density at radius 3 is 2.89 bits per heavy atom. The second-order valence-corrected chi connectivity index (χ2v) is 5.55. The van der Waals surface area contributed by atoms with Gasteiger partial charge in [-0.1, -0.05) is 11.6 Å². The van der Waals surface area contributed by atoms with Crippen molar-refractivity contribution in [2.45, 2.75) is 6.92 Å². The van der Waals surface area contributed by atoms with Crippen molar-refractivity contribution in [3.8, 4) is 5.69 Å². The van der Waals surface area contributed by atoms with Crippen LogP contribution >= 0.6 is 27.5 Å². The number of aromatic nitrogens is 3. The lowest BCUT2D eigenvalue weighted by Gasteiger charge is -2.08. The number of nitrogens with zero attached hydrogens (tertiary/aromatic N) is 3. The van der Waals surface area contributed by atoms with Gasteiger partial charge < -0.3 is 5.73 Å². The van der Waals surface area contributed by atoms with Crippen LogP contribution in [0.5, 0.6) is 0 Å². The maximum atomic E-state index is 6.05. The molecule has 3 aromatic rings. The third-order valence-electron chi connectivity index (χ3n) is 2.81. The van der Waals surface area contributed by atoms with E-state index in [2.05, 4.69) is 25.9 Å². The van der Waals surface area contributed by atoms with Crippen LogP contribution in [0.2, 0.25) is 5.02 Å². The molecule has 0 aliphatic heterocycles. The van der Waals surface area contributed by atoms with Crippen LogP contribution in [0.1, 0.15) is 5.56 Å². The van der Waals surface area contributed by atoms with Gasteiger partial charge in [0, 0.05) is 15.7 Å². The largest absolute Gasteiger partial charge is 0.369 e. The highest BCUT2D eigenvalue weighted by Gasteiger charge is 2.14. The molecule has 2 heterocycles. The van der Waals surface area contributed by atoms with E-state index in [4.69, 9.17) is 17.3 Å². The van der Waals surface area contributed by atoms with E-state index in [1.54, 1.807) is 10.8 Å². The fourth-order valence-corrected chi connectivity index (χ4v) is 2.57. The van der Waals surface area contributed by atoms with Crippen LogP contribution in [0, 0.1) is 6.92 Å². The summed E-state index contributed by atoms with van der Waals surface area (Å²) in [6, 6.07) is 7.46. The molecule has 0 amide bonds. The van der Waals surface area contributed by atoms with Gasteiger partial charge in [0.2, 0.25) is 5.95 Å². The Bertz CT molecular complexity index is 782. The number of nitrogen functional groups attached to an aromatic ring is 1. The molecule has 96 valence electrons. The number of halogens is 2. The van der Waals surface area contributed by atoms with Crippen molar-refractivity contribution in [3.05, 3.63) is 45.5 Å². The first-order valence-electron chi connectivity index (χ1n) is 5.62. The fraction of sp³-hybridized carbons (Fsp3) is 0.0769. The van der Waals surface area contributed by atoms with Crippen LogP contribution in [0.3, 0.4) is 0 Å². The minimum Gasteiger partial charge on any atom is -0.369 e. The summed E-state index contributed by atoms with van der Waals surface area (Å²) >= 11 is 9.54. The van der Waals surface area contributed by atoms with Crippen molar-refractivity contribution < 1.29 is 0 Å². The number of fused-ring (bicyclic) bond motifs is 1. The Morgan fingerprint density at radius 1 is 1.32 bits per heavy atom. The number of rotatable bonds is 1. The molecule has 1 aromatic carbocycles. The van der Waals surface area contributed by atoms with Gasteiger partial charge in [-0.3, -0.25) is 4.57 Å². The molecule has 6 heteroatoms. The Morgan fingerprint density at radius 2 is 2.11 bits per heavy atom. The van der Waals surface area contributed by atoms with Gasteiger partial charge in [0.1, 0.15) is 5.52 Å². The van der Waals surface area contributed by atoms with E-state index >= 15 is 0 Å². The molecular formula is C13H10BrClN4. The third-order valence-corrected chi connectivity index (χ3v) is 3.71. The van der Waals surface area contributed by atoms with Gasteiger partial charge in [-0.15, -0.1) is 0 Å². The Hall–Kier alpha value is -1.59. The molecule has 0 unspecified atom stereocenters. The lowest BCUT2D eigenvalue weighted by atomic mass is 10.3. The summed E-state index contributed by atoms with van der Waals surface area (Å²) in [5.74, 6) is 0.385. The molecule has 0 fully saturated rings. The van der Waals surface area contributed by atoms with Gasteiger partial charge in [-0.2, -0.15) is 0 Å². The van der Waals surface area contributed by atoms with Crippen LogP contribution in [0.15, 0.2) is 34.9 Å². The molecular weight excluding hydrogens is 328 g/mol. The molecule has 0 atom stereocenters. The number of pyridine rings is 1. The number of anilines is 1. The van der Waals surface area contributed by atoms with E-state index in [1.807, 2.05) is 31.2 Å². The summed E-state index contributed by atoms with van der Waals surface area (Å²) in [6.07, 6.45) is 1.79. The second kappa shape index (κ2) is 4.51. The predicted octanol–water partition coefficient (Wildman–Crippen LogP) is 3.73. The Kier molecular flexibility index (Phi) is 2.95. The highest BCUT2D eigenvalue weighted by atomic mass is 79.9. The minimum atomic E-state index is 0.385. The zero-order valence-electron chi connectivity index (χ0n) is 10.1. The highest BCUT2D eigenvalue weighted by Crippen LogP contribution is 2.29. The molecule has 0 aliphatic rings. The van der Waals surface area contributed by atoms with Gasteiger partial charge in [0.05, 0.1) is 5.69 Å². The molecule has 2 N–H and O–H groups in total. The smallest absolute Gasteiger partial charge is 0.207 e. The third kappa shape index (κ3) is 2.09. The average Bonchev–Trinajstić information content (AvgIpc) is 2.67. The van der Waals surface area contributed by atoms with Gasteiger partial charge in [-0.05, 0) is 52.7 Å². The first kappa shape index (κ1) is 12.4. The van der Waals surface area contributed by atoms with Crippen molar-refractivity contribution in [2.24, 2.45) is 0 Å². The number of imidazole rings is 1. The second-order valence-electron chi connectivity index (χ2n) is 4.26. The fourth-order valence-electron chi connectivity index (χ4n) is 1.98. The number of aryl methyl sites for hydroxylation is 1. The van der Waals surface area contributed by atoms with Crippen molar-refractivity contribution in [1.29, 1.82) is 0 Å². The molecule has 0 saturated heterocycles. The monoisotopic (exact) mass is 336 g/mol. The first-order chi connectivity index (χ1) is 9.06. The van der Waals surface area contributed by atoms with Crippen LogP contribution in [-0.2, 0) is 0 Å².